The number of alkyl halides is 2. The number of hydrogen-bond donors (Lipinski definition) is 2. The Kier molecular flexibility index (Phi) is 6.33. The number of hydrogen-bond acceptors (Lipinski definition) is 7. The molecule has 8 nitrogen and oxygen atoms in total. The van der Waals surface area contributed by atoms with Gasteiger partial charge in [-0.25, -0.2) is 13.5 Å². The van der Waals surface area contributed by atoms with Crippen molar-refractivity contribution in [2.24, 2.45) is 0 Å². The van der Waals surface area contributed by atoms with E-state index in [1.165, 1.54) is 30.3 Å². The van der Waals surface area contributed by atoms with Crippen LogP contribution in [0.3, 0.4) is 0 Å². The Morgan fingerprint density at radius 2 is 1.80 bits per heavy atom. The fourth-order valence-corrected chi connectivity index (χ4v) is 3.44. The monoisotopic (exact) mass is 502 g/mol. The van der Waals surface area contributed by atoms with Crippen LogP contribution in [-0.4, -0.2) is 30.3 Å². The van der Waals surface area contributed by atoms with E-state index in [4.69, 9.17) is 22.2 Å². The van der Waals surface area contributed by atoms with Crippen LogP contribution in [0.2, 0.25) is 0 Å². The number of ether oxygens (including phenoxy) is 1. The van der Waals surface area contributed by atoms with Crippen LogP contribution in [0.5, 0.6) is 11.5 Å². The number of aromatic nitrogens is 5. The lowest BCUT2D eigenvalue weighted by molar-refractivity contribution is -0.208. The van der Waals surface area contributed by atoms with Gasteiger partial charge in [-0.1, -0.05) is 10.3 Å². The Bertz CT molecular complexity index is 1450. The number of nitriles is 1. The number of pyridine rings is 1. The minimum atomic E-state index is -4.21. The molecule has 0 saturated heterocycles. The Hall–Kier alpha value is -4.15. The summed E-state index contributed by atoms with van der Waals surface area (Å²) in [5.74, 6) is -6.20. The first-order valence-corrected chi connectivity index (χ1v) is 10.2. The summed E-state index contributed by atoms with van der Waals surface area (Å²) < 4.78 is 65.7. The molecule has 2 N–H and O–H groups in total. The van der Waals surface area contributed by atoms with Crippen LogP contribution >= 0.6 is 12.2 Å². The minimum Gasteiger partial charge on any atom is -0.456 e. The normalized spacial score (nSPS) is 13.1. The van der Waals surface area contributed by atoms with Gasteiger partial charge in [-0.2, -0.15) is 19.3 Å². The molecule has 0 radical (unpaired) electrons. The van der Waals surface area contributed by atoms with Gasteiger partial charge in [-0.15, -0.1) is 0 Å². The highest BCUT2D eigenvalue weighted by Crippen LogP contribution is 2.47. The lowest BCUT2D eigenvalue weighted by atomic mass is 9.84. The quantitative estimate of drug-likeness (QED) is 0.285. The van der Waals surface area contributed by atoms with Crippen LogP contribution in [0.1, 0.15) is 16.8 Å². The standard InChI is InChI=1S/C22H14F4N6O2S/c23-14-3-7-17(18(24)9-14)21(33,12-32-20(35)29-30-31-32)22(25,26)19-8-6-16(11-28-19)34-15-4-1-13(10-27)2-5-15/h1-9,11,33H,12H2,(H,29,31,35). The van der Waals surface area contributed by atoms with Gasteiger partial charge >= 0.3 is 5.92 Å². The van der Waals surface area contributed by atoms with Crippen molar-refractivity contribution in [1.82, 2.24) is 25.2 Å². The number of aliphatic hydroxyl groups is 1. The number of nitrogens with one attached hydrogen (secondary N) is 1. The molecule has 0 aliphatic heterocycles. The zero-order valence-corrected chi connectivity index (χ0v) is 18.3. The molecule has 35 heavy (non-hydrogen) atoms. The topological polar surface area (TPSA) is 113 Å². The van der Waals surface area contributed by atoms with Crippen molar-refractivity contribution < 1.29 is 27.4 Å². The number of nitrogens with zero attached hydrogens (tertiary/aromatic N) is 5. The fourth-order valence-electron chi connectivity index (χ4n) is 3.30. The van der Waals surface area contributed by atoms with E-state index in [-0.39, 0.29) is 10.5 Å². The Morgan fingerprint density at radius 3 is 2.37 bits per heavy atom. The predicted molar refractivity (Wildman–Crippen MR) is 115 cm³/mol. The summed E-state index contributed by atoms with van der Waals surface area (Å²) in [5.41, 5.74) is -4.68. The Labute approximate surface area is 200 Å². The molecular weight excluding hydrogens is 488 g/mol. The maximum Gasteiger partial charge on any atom is 0.323 e. The summed E-state index contributed by atoms with van der Waals surface area (Å²) in [6, 6.07) is 11.9. The summed E-state index contributed by atoms with van der Waals surface area (Å²) in [7, 11) is 0. The molecule has 2 heterocycles. The summed E-state index contributed by atoms with van der Waals surface area (Å²) in [6.45, 7) is -1.00. The minimum absolute atomic E-state index is 0.0887. The second kappa shape index (κ2) is 9.24. The van der Waals surface area contributed by atoms with Crippen molar-refractivity contribution in [1.29, 1.82) is 5.26 Å². The maximum atomic E-state index is 15.8. The van der Waals surface area contributed by atoms with Crippen molar-refractivity contribution >= 4 is 12.2 Å². The second-order valence-corrected chi connectivity index (χ2v) is 7.71. The highest BCUT2D eigenvalue weighted by Gasteiger charge is 2.58. The van der Waals surface area contributed by atoms with Crippen LogP contribution in [-0.2, 0) is 18.1 Å². The van der Waals surface area contributed by atoms with Crippen LogP contribution < -0.4 is 4.74 Å². The molecule has 178 valence electrons. The average molecular weight is 502 g/mol. The van der Waals surface area contributed by atoms with E-state index in [1.807, 2.05) is 6.07 Å². The fraction of sp³-hybridized carbons (Fsp3) is 0.136. The molecule has 0 bridgehead atoms. The summed E-state index contributed by atoms with van der Waals surface area (Å²) >= 11 is 4.89. The zero-order chi connectivity index (χ0) is 25.2. The molecule has 13 heteroatoms. The van der Waals surface area contributed by atoms with E-state index < -0.39 is 41.0 Å². The van der Waals surface area contributed by atoms with Gasteiger partial charge in [0.05, 0.1) is 24.4 Å². The summed E-state index contributed by atoms with van der Waals surface area (Å²) in [5, 5.41) is 29.2. The van der Waals surface area contributed by atoms with Gasteiger partial charge in [-0.3, -0.25) is 4.98 Å². The highest BCUT2D eigenvalue weighted by molar-refractivity contribution is 7.71. The van der Waals surface area contributed by atoms with Crippen molar-refractivity contribution in [3.05, 3.63) is 94.0 Å². The van der Waals surface area contributed by atoms with Gasteiger partial charge in [0, 0.05) is 11.6 Å². The first-order chi connectivity index (χ1) is 16.6. The highest BCUT2D eigenvalue weighted by atomic mass is 32.1. The first kappa shape index (κ1) is 24.0. The van der Waals surface area contributed by atoms with Gasteiger partial charge in [-0.05, 0) is 60.7 Å². The number of rotatable bonds is 7. The molecule has 0 amide bonds. The van der Waals surface area contributed by atoms with E-state index >= 15 is 8.78 Å². The van der Waals surface area contributed by atoms with Crippen molar-refractivity contribution in [2.45, 2.75) is 18.1 Å². The molecule has 0 saturated carbocycles. The largest absolute Gasteiger partial charge is 0.456 e. The second-order valence-electron chi connectivity index (χ2n) is 7.34. The molecule has 1 atom stereocenters. The van der Waals surface area contributed by atoms with E-state index in [2.05, 4.69) is 20.5 Å². The van der Waals surface area contributed by atoms with E-state index in [9.17, 15) is 13.9 Å². The molecule has 0 spiro atoms. The molecule has 0 aliphatic carbocycles. The van der Waals surface area contributed by atoms with Gasteiger partial charge in [0.2, 0.25) is 4.77 Å². The zero-order valence-electron chi connectivity index (χ0n) is 17.5. The number of H-pyrrole nitrogens is 1. The molecule has 1 unspecified atom stereocenters. The van der Waals surface area contributed by atoms with Crippen LogP contribution in [0, 0.1) is 27.7 Å². The van der Waals surface area contributed by atoms with Gasteiger partial charge < -0.3 is 9.84 Å². The summed E-state index contributed by atoms with van der Waals surface area (Å²) in [4.78, 5) is 3.71. The van der Waals surface area contributed by atoms with Crippen LogP contribution in [0.4, 0.5) is 17.6 Å². The smallest absolute Gasteiger partial charge is 0.323 e. The first-order valence-electron chi connectivity index (χ1n) is 9.82. The number of benzene rings is 2. The lowest BCUT2D eigenvalue weighted by Gasteiger charge is -2.36. The van der Waals surface area contributed by atoms with Crippen LogP contribution in [0.25, 0.3) is 0 Å². The maximum absolute atomic E-state index is 15.8. The third-order valence-corrected chi connectivity index (χ3v) is 5.39. The lowest BCUT2D eigenvalue weighted by Crippen LogP contribution is -2.48. The van der Waals surface area contributed by atoms with E-state index in [0.29, 0.717) is 23.4 Å². The predicted octanol–water partition coefficient (Wildman–Crippen LogP) is 4.35. The van der Waals surface area contributed by atoms with Gasteiger partial charge in [0.25, 0.3) is 0 Å². The third kappa shape index (κ3) is 4.61. The van der Waals surface area contributed by atoms with Gasteiger partial charge in [0.1, 0.15) is 28.8 Å². The molecule has 2 aromatic heterocycles. The van der Waals surface area contributed by atoms with E-state index in [1.54, 1.807) is 0 Å². The van der Waals surface area contributed by atoms with E-state index in [0.717, 1.165) is 23.0 Å². The Morgan fingerprint density at radius 1 is 1.09 bits per heavy atom. The SMILES string of the molecule is N#Cc1ccc(Oc2ccc(C(F)(F)C(O)(Cn3[nH]nnc3=S)c3ccc(F)cc3F)nc2)cc1. The average Bonchev–Trinajstić information content (AvgIpc) is 3.23. The molecule has 0 fully saturated rings. The Balaban J connectivity index is 1.71. The molecule has 2 aromatic carbocycles. The number of aromatic amines is 1. The molecular formula is C22H14F4N6O2S. The number of halogens is 4. The van der Waals surface area contributed by atoms with Crippen LogP contribution in [0.15, 0.2) is 60.8 Å². The number of tetrazole rings is 1. The molecule has 4 aromatic rings. The molecule has 4 rings (SSSR count). The van der Waals surface area contributed by atoms with Crippen molar-refractivity contribution in [2.75, 3.05) is 0 Å². The van der Waals surface area contributed by atoms with Crippen molar-refractivity contribution in [3.63, 3.8) is 0 Å². The third-order valence-electron chi connectivity index (χ3n) is 5.09. The molecule has 0 aliphatic rings. The summed E-state index contributed by atoms with van der Waals surface area (Å²) in [6.07, 6.45) is 0.992. The van der Waals surface area contributed by atoms with Crippen molar-refractivity contribution in [3.8, 4) is 17.6 Å². The van der Waals surface area contributed by atoms with Gasteiger partial charge in [0.15, 0.2) is 5.60 Å².